The van der Waals surface area contributed by atoms with Gasteiger partial charge < -0.3 is 25.2 Å². The summed E-state index contributed by atoms with van der Waals surface area (Å²) < 4.78 is 36.9. The summed E-state index contributed by atoms with van der Waals surface area (Å²) in [5, 5.41) is 25.4. The van der Waals surface area contributed by atoms with Gasteiger partial charge in [0.2, 0.25) is 0 Å². The molecule has 4 aromatic rings. The fraction of sp³-hybridized carbons (Fsp3) is 0.340. The Balaban J connectivity index is 0.939. The lowest BCUT2D eigenvalue weighted by molar-refractivity contribution is -0.465. The smallest absolute Gasteiger partial charge is 0.336 e. The van der Waals surface area contributed by atoms with Gasteiger partial charge in [0, 0.05) is 54.2 Å². The second-order valence-electron chi connectivity index (χ2n) is 15.5. The van der Waals surface area contributed by atoms with Crippen LogP contribution in [0.15, 0.2) is 113 Å². The summed E-state index contributed by atoms with van der Waals surface area (Å²) in [6.45, 7) is 0.676. The molecule has 0 saturated heterocycles. The van der Waals surface area contributed by atoms with Crippen LogP contribution in [0.2, 0.25) is 0 Å². The van der Waals surface area contributed by atoms with Crippen molar-refractivity contribution in [3.8, 4) is 5.75 Å². The monoisotopic (exact) mass is 835 g/mol. The molecule has 4 aromatic carbocycles. The van der Waals surface area contributed by atoms with Gasteiger partial charge in [-0.1, -0.05) is 80.7 Å². The van der Waals surface area contributed by atoms with E-state index in [2.05, 4.69) is 15.2 Å². The molecule has 0 saturated carbocycles. The lowest BCUT2D eigenvalue weighted by atomic mass is 9.84. The zero-order valence-corrected chi connectivity index (χ0v) is 35.6. The quantitative estimate of drug-likeness (QED) is 0.0336. The van der Waals surface area contributed by atoms with E-state index in [1.165, 1.54) is 6.07 Å². The molecule has 60 heavy (non-hydrogen) atoms. The molecule has 1 unspecified atom stereocenters. The van der Waals surface area contributed by atoms with Crippen molar-refractivity contribution in [2.24, 2.45) is 0 Å². The fourth-order valence-electron chi connectivity index (χ4n) is 7.32. The molecule has 1 heterocycles. The first kappa shape index (κ1) is 43.8. The number of anilines is 1. The van der Waals surface area contributed by atoms with Crippen molar-refractivity contribution >= 4 is 49.9 Å². The lowest BCUT2D eigenvalue weighted by Gasteiger charge is -2.31. The first-order valence-corrected chi connectivity index (χ1v) is 21.9. The molecule has 4 N–H and O–H groups in total. The number of carboxylic acids is 1. The van der Waals surface area contributed by atoms with Gasteiger partial charge in [-0.05, 0) is 85.7 Å². The zero-order chi connectivity index (χ0) is 42.8. The summed E-state index contributed by atoms with van der Waals surface area (Å²) in [5.74, 6) is -0.161. The number of unbranched alkanes of at least 4 members (excludes halogenated alkanes) is 6. The standard InChI is InChI=1S/C47H54N4O8S/c1-50(2)35-19-23-39-42(30-35)59-43-31-36(51(3)4)20-24-40(43)45(39)38-22-18-34(29-41(38)47(54)55)46(53)49-26-25-48-44(52)16-10-8-6-5-7-9-13-27-58-60(56,57)37-21-17-32-14-11-12-15-33(32)28-37/h11-12,14-15,17-24,28-31,35H,5-10,13,16,25-27H2,1-4H3,(H,48,52)(H,49,53)(H,54,55)/p+1. The van der Waals surface area contributed by atoms with Crippen molar-refractivity contribution in [3.63, 3.8) is 0 Å². The summed E-state index contributed by atoms with van der Waals surface area (Å²) in [6, 6.07) is 23.2. The third-order valence-electron chi connectivity index (χ3n) is 10.7. The third-order valence-corrected chi connectivity index (χ3v) is 12.0. The van der Waals surface area contributed by atoms with Crippen LogP contribution < -0.4 is 19.9 Å². The highest BCUT2D eigenvalue weighted by molar-refractivity contribution is 7.86. The van der Waals surface area contributed by atoms with Crippen molar-refractivity contribution in [2.75, 3.05) is 52.8 Å². The zero-order valence-electron chi connectivity index (χ0n) is 34.7. The SMILES string of the molecule is CN(C)c1ccc2c(c1)OC1=CC(N(C)C)C=CC1=C2c1ccc(C(=O)NCC[NH+]=C(O)CCCCCCCCCOS(=O)(=O)c2ccc3ccccc3c2)cc1C(=O)O. The highest BCUT2D eigenvalue weighted by Gasteiger charge is 2.30. The van der Waals surface area contributed by atoms with Gasteiger partial charge in [0.25, 0.3) is 16.0 Å². The summed E-state index contributed by atoms with van der Waals surface area (Å²) in [5.41, 5.74) is 3.88. The number of nitrogens with zero attached hydrogens (tertiary/aromatic N) is 2. The van der Waals surface area contributed by atoms with E-state index in [0.29, 0.717) is 36.5 Å². The Hall–Kier alpha value is -5.76. The summed E-state index contributed by atoms with van der Waals surface area (Å²) in [4.78, 5) is 33.1. The van der Waals surface area contributed by atoms with Crippen molar-refractivity contribution in [3.05, 3.63) is 131 Å². The Morgan fingerprint density at radius 2 is 1.55 bits per heavy atom. The number of allylic oxidation sites excluding steroid dienone is 1. The Morgan fingerprint density at radius 3 is 2.28 bits per heavy atom. The molecule has 316 valence electrons. The molecular weight excluding hydrogens is 781 g/mol. The second-order valence-corrected chi connectivity index (χ2v) is 17.1. The number of amides is 1. The van der Waals surface area contributed by atoms with E-state index in [1.54, 1.807) is 30.3 Å². The normalized spacial score (nSPS) is 15.1. The molecule has 13 heteroatoms. The van der Waals surface area contributed by atoms with Crippen LogP contribution in [0.3, 0.4) is 0 Å². The van der Waals surface area contributed by atoms with Crippen LogP contribution in [0.5, 0.6) is 5.75 Å². The number of aromatic carboxylic acids is 1. The number of benzene rings is 4. The molecule has 1 atom stereocenters. The minimum absolute atomic E-state index is 0.00132. The number of hydrogen-bond acceptors (Lipinski definition) is 8. The maximum absolute atomic E-state index is 13.2. The average Bonchev–Trinajstić information content (AvgIpc) is 3.23. The van der Waals surface area contributed by atoms with Crippen molar-refractivity contribution in [1.82, 2.24) is 10.2 Å². The largest absolute Gasteiger partial charge is 0.478 e. The number of nitrogens with one attached hydrogen (secondary N) is 2. The fourth-order valence-corrected chi connectivity index (χ4v) is 8.30. The van der Waals surface area contributed by atoms with Gasteiger partial charge in [-0.2, -0.15) is 8.42 Å². The number of likely N-dealkylation sites (N-methyl/N-ethyl adjacent to an activating group) is 1. The van der Waals surface area contributed by atoms with Crippen molar-refractivity contribution in [1.29, 1.82) is 0 Å². The van der Waals surface area contributed by atoms with Gasteiger partial charge in [0.1, 0.15) is 11.5 Å². The van der Waals surface area contributed by atoms with Gasteiger partial charge in [0.05, 0.1) is 30.0 Å². The lowest BCUT2D eigenvalue weighted by Crippen LogP contribution is -2.75. The summed E-state index contributed by atoms with van der Waals surface area (Å²) in [6.07, 6.45) is 12.8. The molecular formula is C47H55N4O8S+. The minimum atomic E-state index is -3.80. The van der Waals surface area contributed by atoms with E-state index in [0.717, 1.165) is 71.7 Å². The molecule has 0 bridgehead atoms. The Morgan fingerprint density at radius 1 is 0.833 bits per heavy atom. The van der Waals surface area contributed by atoms with Gasteiger partial charge >= 0.3 is 11.9 Å². The highest BCUT2D eigenvalue weighted by atomic mass is 32.2. The first-order chi connectivity index (χ1) is 28.8. The van der Waals surface area contributed by atoms with E-state index >= 15 is 0 Å². The molecule has 0 radical (unpaired) electrons. The maximum Gasteiger partial charge on any atom is 0.336 e. The predicted octanol–water partition coefficient (Wildman–Crippen LogP) is 6.48. The van der Waals surface area contributed by atoms with Crippen LogP contribution in [0.1, 0.15) is 83.2 Å². The van der Waals surface area contributed by atoms with E-state index < -0.39 is 22.0 Å². The topological polar surface area (TPSA) is 160 Å². The number of carbonyl (C=O) groups excluding carboxylic acids is 1. The number of rotatable bonds is 20. The Bertz CT molecular complexity index is 2450. The van der Waals surface area contributed by atoms with Crippen LogP contribution in [-0.4, -0.2) is 95.2 Å². The number of aliphatic hydroxyl groups excluding tert-OH is 1. The van der Waals surface area contributed by atoms with Gasteiger partial charge in [0.15, 0.2) is 6.54 Å². The molecule has 0 fully saturated rings. The summed E-state index contributed by atoms with van der Waals surface area (Å²) in [7, 11) is 4.05. The van der Waals surface area contributed by atoms with Crippen molar-refractivity contribution in [2.45, 2.75) is 62.3 Å². The molecule has 12 nitrogen and oxygen atoms in total. The Labute approximate surface area is 352 Å². The van der Waals surface area contributed by atoms with E-state index in [4.69, 9.17) is 8.92 Å². The maximum atomic E-state index is 13.2. The molecule has 1 aliphatic carbocycles. The molecule has 1 aliphatic heterocycles. The van der Waals surface area contributed by atoms with Crippen molar-refractivity contribution < 1.29 is 42.1 Å². The van der Waals surface area contributed by atoms with Gasteiger partial charge in [-0.3, -0.25) is 13.9 Å². The molecule has 0 aromatic heterocycles. The molecule has 2 aliphatic rings. The average molecular weight is 836 g/mol. The summed E-state index contributed by atoms with van der Waals surface area (Å²) >= 11 is 0. The molecule has 6 rings (SSSR count). The third kappa shape index (κ3) is 10.9. The number of fused-ring (bicyclic) bond motifs is 3. The van der Waals surface area contributed by atoms with Crippen LogP contribution in [0.25, 0.3) is 16.3 Å². The number of hydrogen-bond donors (Lipinski definition) is 4. The van der Waals surface area contributed by atoms with E-state index in [9.17, 15) is 28.2 Å². The second kappa shape index (κ2) is 20.0. The number of carboxylic acid groups (broad SMARTS) is 1. The molecule has 0 spiro atoms. The van der Waals surface area contributed by atoms with Crippen LogP contribution in [0, 0.1) is 0 Å². The first-order valence-electron chi connectivity index (χ1n) is 20.5. The number of ether oxygens (including phenoxy) is 1. The predicted molar refractivity (Wildman–Crippen MR) is 235 cm³/mol. The van der Waals surface area contributed by atoms with E-state index in [1.807, 2.05) is 93.8 Å². The Kier molecular flexibility index (Phi) is 14.6. The molecule has 1 amide bonds. The number of carbonyl (C=O) groups is 2. The van der Waals surface area contributed by atoms with E-state index in [-0.39, 0.29) is 41.1 Å². The van der Waals surface area contributed by atoms with Crippen LogP contribution in [0.4, 0.5) is 5.69 Å². The minimum Gasteiger partial charge on any atom is -0.478 e. The van der Waals surface area contributed by atoms with Gasteiger partial charge in [-0.15, -0.1) is 0 Å². The van der Waals surface area contributed by atoms with Crippen LogP contribution in [-0.2, 0) is 14.3 Å². The van der Waals surface area contributed by atoms with Gasteiger partial charge in [-0.25, -0.2) is 9.79 Å². The van der Waals surface area contributed by atoms with Crippen LogP contribution >= 0.6 is 0 Å². The highest BCUT2D eigenvalue weighted by Crippen LogP contribution is 2.45. The number of aliphatic hydroxyl groups is 1.